The Kier molecular flexibility index (Phi) is 2.87. The molecular formula is C9H12N6. The van der Waals surface area contributed by atoms with Gasteiger partial charge >= 0.3 is 0 Å². The maximum atomic E-state index is 4.13. The molecule has 6 nitrogen and oxygen atoms in total. The van der Waals surface area contributed by atoms with E-state index in [0.29, 0.717) is 5.95 Å². The molecule has 2 aromatic rings. The van der Waals surface area contributed by atoms with Gasteiger partial charge in [0.1, 0.15) is 0 Å². The van der Waals surface area contributed by atoms with E-state index in [-0.39, 0.29) is 0 Å². The summed E-state index contributed by atoms with van der Waals surface area (Å²) in [5.74, 6) is 0.643. The molecule has 2 heterocycles. The van der Waals surface area contributed by atoms with Crippen LogP contribution in [0.4, 0.5) is 5.95 Å². The summed E-state index contributed by atoms with van der Waals surface area (Å²) < 4.78 is 0. The summed E-state index contributed by atoms with van der Waals surface area (Å²) in [6, 6.07) is 0. The minimum absolute atomic E-state index is 0.643. The van der Waals surface area contributed by atoms with Crippen molar-refractivity contribution in [1.82, 2.24) is 25.4 Å². The zero-order valence-electron chi connectivity index (χ0n) is 8.44. The van der Waals surface area contributed by atoms with Crippen LogP contribution in [0.1, 0.15) is 11.3 Å². The first-order valence-electron chi connectivity index (χ1n) is 4.72. The highest BCUT2D eigenvalue weighted by Crippen LogP contribution is 1.98. The summed E-state index contributed by atoms with van der Waals surface area (Å²) in [6.45, 7) is 2.70. The lowest BCUT2D eigenvalue weighted by molar-refractivity contribution is 0.886. The molecule has 0 aliphatic carbocycles. The number of anilines is 1. The molecule has 0 aliphatic heterocycles. The van der Waals surface area contributed by atoms with E-state index in [1.54, 1.807) is 18.6 Å². The largest absolute Gasteiger partial charge is 0.354 e. The molecule has 0 aromatic carbocycles. The summed E-state index contributed by atoms with van der Waals surface area (Å²) >= 11 is 0. The van der Waals surface area contributed by atoms with Crippen molar-refractivity contribution in [3.8, 4) is 0 Å². The van der Waals surface area contributed by atoms with E-state index < -0.39 is 0 Å². The molecule has 0 atom stereocenters. The fourth-order valence-electron chi connectivity index (χ4n) is 1.13. The lowest BCUT2D eigenvalue weighted by Gasteiger charge is -2.02. The van der Waals surface area contributed by atoms with Crippen molar-refractivity contribution in [3.05, 3.63) is 29.8 Å². The zero-order valence-corrected chi connectivity index (χ0v) is 8.44. The van der Waals surface area contributed by atoms with Crippen LogP contribution in [0.15, 0.2) is 18.6 Å². The van der Waals surface area contributed by atoms with Crippen LogP contribution in [0.3, 0.4) is 0 Å². The number of nitrogens with one attached hydrogen (secondary N) is 2. The number of aromatic nitrogens is 5. The summed E-state index contributed by atoms with van der Waals surface area (Å²) in [5.41, 5.74) is 1.98. The van der Waals surface area contributed by atoms with Crippen molar-refractivity contribution < 1.29 is 0 Å². The lowest BCUT2D eigenvalue weighted by Crippen LogP contribution is -2.08. The monoisotopic (exact) mass is 204 g/mol. The molecule has 0 amide bonds. The van der Waals surface area contributed by atoms with Crippen molar-refractivity contribution >= 4 is 5.95 Å². The predicted molar refractivity (Wildman–Crippen MR) is 55.3 cm³/mol. The Balaban J connectivity index is 1.81. The zero-order chi connectivity index (χ0) is 10.5. The Morgan fingerprint density at radius 1 is 1.27 bits per heavy atom. The predicted octanol–water partition coefficient (Wildman–Crippen LogP) is 0.558. The number of aromatic amines is 1. The van der Waals surface area contributed by atoms with E-state index in [0.717, 1.165) is 24.2 Å². The summed E-state index contributed by atoms with van der Waals surface area (Å²) in [7, 11) is 0. The lowest BCUT2D eigenvalue weighted by atomic mass is 10.3. The highest BCUT2D eigenvalue weighted by Gasteiger charge is 1.97. The van der Waals surface area contributed by atoms with Gasteiger partial charge in [-0.15, -0.1) is 0 Å². The van der Waals surface area contributed by atoms with Crippen LogP contribution in [0.5, 0.6) is 0 Å². The second kappa shape index (κ2) is 4.50. The Morgan fingerprint density at radius 3 is 2.73 bits per heavy atom. The van der Waals surface area contributed by atoms with Crippen LogP contribution in [0.2, 0.25) is 0 Å². The molecular weight excluding hydrogens is 192 g/mol. The Bertz CT molecular complexity index is 393. The molecule has 15 heavy (non-hydrogen) atoms. The van der Waals surface area contributed by atoms with Gasteiger partial charge in [0.25, 0.3) is 0 Å². The van der Waals surface area contributed by atoms with Gasteiger partial charge in [-0.2, -0.15) is 15.4 Å². The van der Waals surface area contributed by atoms with E-state index in [1.807, 2.05) is 6.92 Å². The van der Waals surface area contributed by atoms with Gasteiger partial charge < -0.3 is 5.32 Å². The van der Waals surface area contributed by atoms with Crippen molar-refractivity contribution in [2.24, 2.45) is 0 Å². The van der Waals surface area contributed by atoms with Crippen molar-refractivity contribution in [1.29, 1.82) is 0 Å². The molecule has 0 fully saturated rings. The van der Waals surface area contributed by atoms with Gasteiger partial charge in [-0.1, -0.05) is 0 Å². The molecule has 2 rings (SSSR count). The van der Waals surface area contributed by atoms with Gasteiger partial charge in [0, 0.05) is 25.4 Å². The molecule has 0 spiro atoms. The SMILES string of the molecule is Cc1cnc(NCCc2cn[nH]n2)nc1. The van der Waals surface area contributed by atoms with Crippen LogP contribution in [-0.4, -0.2) is 31.9 Å². The number of aryl methyl sites for hydroxylation is 1. The van der Waals surface area contributed by atoms with Crippen LogP contribution in [-0.2, 0) is 6.42 Å². The molecule has 0 bridgehead atoms. The molecule has 2 aromatic heterocycles. The number of rotatable bonds is 4. The highest BCUT2D eigenvalue weighted by atomic mass is 15.3. The molecule has 0 aliphatic rings. The Morgan fingerprint density at radius 2 is 2.07 bits per heavy atom. The van der Waals surface area contributed by atoms with Gasteiger partial charge in [-0.3, -0.25) is 0 Å². The first-order chi connectivity index (χ1) is 7.34. The van der Waals surface area contributed by atoms with Crippen LogP contribution in [0, 0.1) is 6.92 Å². The maximum absolute atomic E-state index is 4.13. The molecule has 0 saturated heterocycles. The highest BCUT2D eigenvalue weighted by molar-refractivity contribution is 5.24. The smallest absolute Gasteiger partial charge is 0.222 e. The van der Waals surface area contributed by atoms with E-state index in [9.17, 15) is 0 Å². The second-order valence-electron chi connectivity index (χ2n) is 3.22. The quantitative estimate of drug-likeness (QED) is 0.760. The number of H-pyrrole nitrogens is 1. The van der Waals surface area contributed by atoms with Crippen LogP contribution < -0.4 is 5.32 Å². The molecule has 0 radical (unpaired) electrons. The van der Waals surface area contributed by atoms with Gasteiger partial charge in [-0.05, 0) is 12.5 Å². The fraction of sp³-hybridized carbons (Fsp3) is 0.333. The molecule has 78 valence electrons. The van der Waals surface area contributed by atoms with E-state index in [4.69, 9.17) is 0 Å². The minimum Gasteiger partial charge on any atom is -0.354 e. The average molecular weight is 204 g/mol. The molecule has 0 unspecified atom stereocenters. The Labute approximate surface area is 87.2 Å². The third kappa shape index (κ3) is 2.73. The van der Waals surface area contributed by atoms with Crippen LogP contribution in [0.25, 0.3) is 0 Å². The van der Waals surface area contributed by atoms with Crippen LogP contribution >= 0.6 is 0 Å². The summed E-state index contributed by atoms with van der Waals surface area (Å²) in [6.07, 6.45) is 6.07. The number of nitrogens with zero attached hydrogens (tertiary/aromatic N) is 4. The first kappa shape index (κ1) is 9.57. The third-order valence-electron chi connectivity index (χ3n) is 1.91. The topological polar surface area (TPSA) is 79.4 Å². The molecule has 0 saturated carbocycles. The average Bonchev–Trinajstić information content (AvgIpc) is 2.74. The minimum atomic E-state index is 0.643. The third-order valence-corrected chi connectivity index (χ3v) is 1.91. The first-order valence-corrected chi connectivity index (χ1v) is 4.72. The van der Waals surface area contributed by atoms with Gasteiger partial charge in [0.2, 0.25) is 5.95 Å². The van der Waals surface area contributed by atoms with E-state index in [1.165, 1.54) is 0 Å². The summed E-state index contributed by atoms with van der Waals surface area (Å²) in [4.78, 5) is 8.26. The standard InChI is InChI=1S/C9H12N6/c1-7-4-11-9(12-5-7)10-3-2-8-6-13-15-14-8/h4-6H,2-3H2,1H3,(H,10,11,12)(H,13,14,15). The Hall–Kier alpha value is -1.98. The number of hydrogen-bond acceptors (Lipinski definition) is 5. The molecule has 2 N–H and O–H groups in total. The number of hydrogen-bond donors (Lipinski definition) is 2. The van der Waals surface area contributed by atoms with Crippen molar-refractivity contribution in [2.45, 2.75) is 13.3 Å². The van der Waals surface area contributed by atoms with Gasteiger partial charge in [0.15, 0.2) is 0 Å². The molecule has 6 heteroatoms. The maximum Gasteiger partial charge on any atom is 0.222 e. The van der Waals surface area contributed by atoms with Crippen molar-refractivity contribution in [2.75, 3.05) is 11.9 Å². The fourth-order valence-corrected chi connectivity index (χ4v) is 1.13. The van der Waals surface area contributed by atoms with Gasteiger partial charge in [-0.25, -0.2) is 9.97 Å². The van der Waals surface area contributed by atoms with Gasteiger partial charge in [0.05, 0.1) is 11.9 Å². The summed E-state index contributed by atoms with van der Waals surface area (Å²) in [5, 5.41) is 13.3. The van der Waals surface area contributed by atoms with E-state index >= 15 is 0 Å². The normalized spacial score (nSPS) is 10.2. The van der Waals surface area contributed by atoms with Crippen molar-refractivity contribution in [3.63, 3.8) is 0 Å². The van der Waals surface area contributed by atoms with E-state index in [2.05, 4.69) is 30.7 Å². The second-order valence-corrected chi connectivity index (χ2v) is 3.22.